The summed E-state index contributed by atoms with van der Waals surface area (Å²) in [6.45, 7) is 0.557. The topological polar surface area (TPSA) is 35.6 Å². The number of halogens is 3. The van der Waals surface area contributed by atoms with Crippen LogP contribution in [0.15, 0.2) is 0 Å². The molecule has 3 rings (SSSR count). The zero-order chi connectivity index (χ0) is 15.7. The molecule has 1 saturated carbocycles. The molecule has 0 aromatic rings. The minimum absolute atomic E-state index is 0.0843. The molecular formula is C15H24F3N3O. The average Bonchev–Trinajstić information content (AvgIpc) is 2.89. The monoisotopic (exact) mass is 319 g/mol. The average molecular weight is 319 g/mol. The summed E-state index contributed by atoms with van der Waals surface area (Å²) in [6, 6.07) is 0.344. The van der Waals surface area contributed by atoms with Gasteiger partial charge in [-0.1, -0.05) is 12.8 Å². The van der Waals surface area contributed by atoms with E-state index in [1.165, 1.54) is 24.2 Å². The van der Waals surface area contributed by atoms with Crippen LogP contribution in [-0.2, 0) is 4.79 Å². The molecule has 0 aromatic carbocycles. The molecule has 2 aliphatic heterocycles. The van der Waals surface area contributed by atoms with E-state index in [1.807, 2.05) is 0 Å². The van der Waals surface area contributed by atoms with Crippen LogP contribution in [0.2, 0.25) is 0 Å². The first-order valence-electron chi connectivity index (χ1n) is 8.26. The van der Waals surface area contributed by atoms with Crippen molar-refractivity contribution in [2.45, 2.75) is 50.4 Å². The largest absolute Gasteiger partial charge is 0.401 e. The van der Waals surface area contributed by atoms with Gasteiger partial charge in [0.1, 0.15) is 0 Å². The lowest BCUT2D eigenvalue weighted by Gasteiger charge is -2.36. The maximum atomic E-state index is 12.6. The molecule has 0 aromatic heterocycles. The Hall–Kier alpha value is -0.820. The lowest BCUT2D eigenvalue weighted by atomic mass is 9.85. The van der Waals surface area contributed by atoms with Crippen LogP contribution < -0.4 is 5.32 Å². The van der Waals surface area contributed by atoms with Crippen molar-refractivity contribution in [2.75, 3.05) is 32.7 Å². The molecule has 2 heterocycles. The van der Waals surface area contributed by atoms with Crippen molar-refractivity contribution < 1.29 is 18.0 Å². The lowest BCUT2D eigenvalue weighted by molar-refractivity contribution is -0.152. The third kappa shape index (κ3) is 3.74. The van der Waals surface area contributed by atoms with Gasteiger partial charge in [-0.2, -0.15) is 13.2 Å². The van der Waals surface area contributed by atoms with Gasteiger partial charge in [0.25, 0.3) is 0 Å². The molecule has 2 saturated heterocycles. The number of carbonyl (C=O) groups excluding carboxylic acids is 1. The molecule has 0 spiro atoms. The molecule has 3 atom stereocenters. The molecule has 1 N–H and O–H groups in total. The Morgan fingerprint density at radius 2 is 1.77 bits per heavy atom. The molecule has 4 nitrogen and oxygen atoms in total. The molecule has 22 heavy (non-hydrogen) atoms. The number of hydrogen-bond acceptors (Lipinski definition) is 3. The Morgan fingerprint density at radius 3 is 2.41 bits per heavy atom. The predicted molar refractivity (Wildman–Crippen MR) is 76.4 cm³/mol. The fraction of sp³-hybridized carbons (Fsp3) is 0.933. The Labute approximate surface area is 129 Å². The Morgan fingerprint density at radius 1 is 1.09 bits per heavy atom. The van der Waals surface area contributed by atoms with Gasteiger partial charge in [0, 0.05) is 32.2 Å². The number of rotatable bonds is 2. The number of alkyl halides is 3. The lowest BCUT2D eigenvalue weighted by Crippen LogP contribution is -2.54. The van der Waals surface area contributed by atoms with E-state index in [-0.39, 0.29) is 11.9 Å². The Balaban J connectivity index is 1.48. The first-order chi connectivity index (χ1) is 10.4. The van der Waals surface area contributed by atoms with Gasteiger partial charge in [0.15, 0.2) is 0 Å². The van der Waals surface area contributed by atoms with Crippen molar-refractivity contribution in [2.24, 2.45) is 5.92 Å². The summed E-state index contributed by atoms with van der Waals surface area (Å²) in [7, 11) is 0. The smallest absolute Gasteiger partial charge is 0.339 e. The van der Waals surface area contributed by atoms with E-state index in [2.05, 4.69) is 5.32 Å². The van der Waals surface area contributed by atoms with Gasteiger partial charge in [0.05, 0.1) is 12.6 Å². The molecule has 1 aliphatic carbocycles. The van der Waals surface area contributed by atoms with Crippen molar-refractivity contribution in [1.82, 2.24) is 15.1 Å². The van der Waals surface area contributed by atoms with Crippen LogP contribution in [0.1, 0.15) is 32.1 Å². The van der Waals surface area contributed by atoms with E-state index in [9.17, 15) is 18.0 Å². The van der Waals surface area contributed by atoms with Gasteiger partial charge >= 0.3 is 6.18 Å². The molecule has 0 radical (unpaired) electrons. The van der Waals surface area contributed by atoms with E-state index in [0.29, 0.717) is 38.1 Å². The van der Waals surface area contributed by atoms with Crippen LogP contribution in [0.3, 0.4) is 0 Å². The van der Waals surface area contributed by atoms with Crippen LogP contribution in [0.25, 0.3) is 0 Å². The molecule has 7 heteroatoms. The second-order valence-electron chi connectivity index (χ2n) is 6.82. The van der Waals surface area contributed by atoms with Crippen LogP contribution >= 0.6 is 0 Å². The van der Waals surface area contributed by atoms with E-state index in [1.54, 1.807) is 4.90 Å². The first kappa shape index (κ1) is 16.1. The number of piperazine rings is 1. The quantitative estimate of drug-likeness (QED) is 0.840. The van der Waals surface area contributed by atoms with Gasteiger partial charge < -0.3 is 10.2 Å². The first-order valence-corrected chi connectivity index (χ1v) is 8.26. The number of carbonyl (C=O) groups is 1. The number of amides is 1. The third-order valence-electron chi connectivity index (χ3n) is 5.25. The SMILES string of the molecule is O=C(C1CC2CCCCC2N1)N1CCN(CC(F)(F)F)CC1. The number of hydrogen-bond donors (Lipinski definition) is 1. The zero-order valence-corrected chi connectivity index (χ0v) is 12.7. The summed E-state index contributed by atoms with van der Waals surface area (Å²) in [5.41, 5.74) is 0. The van der Waals surface area contributed by atoms with E-state index in [0.717, 1.165) is 12.8 Å². The van der Waals surface area contributed by atoms with Crippen LogP contribution in [0.4, 0.5) is 13.2 Å². The summed E-state index contributed by atoms with van der Waals surface area (Å²) in [5.74, 6) is 0.690. The number of nitrogens with one attached hydrogen (secondary N) is 1. The normalized spacial score (nSPS) is 33.8. The fourth-order valence-corrected chi connectivity index (χ4v) is 4.11. The highest BCUT2D eigenvalue weighted by molar-refractivity contribution is 5.82. The standard InChI is InChI=1S/C15H24F3N3O/c16-15(17,18)10-20-5-7-21(8-6-20)14(22)13-9-11-3-1-2-4-12(11)19-13/h11-13,19H,1-10H2. The molecule has 0 bridgehead atoms. The molecule has 3 aliphatic rings. The fourth-order valence-electron chi connectivity index (χ4n) is 4.11. The van der Waals surface area contributed by atoms with Crippen molar-refractivity contribution >= 4 is 5.91 Å². The summed E-state index contributed by atoms with van der Waals surface area (Å²) < 4.78 is 37.1. The minimum Gasteiger partial charge on any atom is -0.339 e. The van der Waals surface area contributed by atoms with Crippen molar-refractivity contribution in [3.05, 3.63) is 0 Å². The highest BCUT2D eigenvalue weighted by atomic mass is 19.4. The third-order valence-corrected chi connectivity index (χ3v) is 5.25. The summed E-state index contributed by atoms with van der Waals surface area (Å²) in [5, 5.41) is 3.45. The minimum atomic E-state index is -4.16. The van der Waals surface area contributed by atoms with Gasteiger partial charge in [-0.15, -0.1) is 0 Å². The highest BCUT2D eigenvalue weighted by Gasteiger charge is 2.40. The number of fused-ring (bicyclic) bond motifs is 1. The van der Waals surface area contributed by atoms with E-state index < -0.39 is 12.7 Å². The molecule has 126 valence electrons. The summed E-state index contributed by atoms with van der Waals surface area (Å²) in [6.07, 6.45) is 1.56. The van der Waals surface area contributed by atoms with Gasteiger partial charge in [0.2, 0.25) is 5.91 Å². The van der Waals surface area contributed by atoms with Gasteiger partial charge in [-0.25, -0.2) is 0 Å². The van der Waals surface area contributed by atoms with Crippen molar-refractivity contribution in [1.29, 1.82) is 0 Å². The highest BCUT2D eigenvalue weighted by Crippen LogP contribution is 2.33. The second-order valence-corrected chi connectivity index (χ2v) is 6.82. The predicted octanol–water partition coefficient (Wildman–Crippen LogP) is 1.61. The van der Waals surface area contributed by atoms with Crippen LogP contribution in [0.5, 0.6) is 0 Å². The van der Waals surface area contributed by atoms with Crippen LogP contribution in [0, 0.1) is 5.92 Å². The summed E-state index contributed by atoms with van der Waals surface area (Å²) in [4.78, 5) is 15.7. The second kappa shape index (κ2) is 6.35. The summed E-state index contributed by atoms with van der Waals surface area (Å²) >= 11 is 0. The van der Waals surface area contributed by atoms with E-state index >= 15 is 0 Å². The van der Waals surface area contributed by atoms with Crippen molar-refractivity contribution in [3.8, 4) is 0 Å². The Kier molecular flexibility index (Phi) is 4.64. The molecule has 1 amide bonds. The van der Waals surface area contributed by atoms with E-state index in [4.69, 9.17) is 0 Å². The Bertz CT molecular complexity index is 393. The maximum Gasteiger partial charge on any atom is 0.401 e. The molecular weight excluding hydrogens is 295 g/mol. The maximum absolute atomic E-state index is 12.6. The van der Waals surface area contributed by atoms with Crippen molar-refractivity contribution in [3.63, 3.8) is 0 Å². The molecule has 3 unspecified atom stereocenters. The number of nitrogens with zero attached hydrogens (tertiary/aromatic N) is 2. The van der Waals surface area contributed by atoms with Gasteiger partial charge in [-0.05, 0) is 25.2 Å². The molecule has 3 fully saturated rings. The van der Waals surface area contributed by atoms with Crippen LogP contribution in [-0.4, -0.2) is 66.7 Å². The van der Waals surface area contributed by atoms with Gasteiger partial charge in [-0.3, -0.25) is 9.69 Å². The zero-order valence-electron chi connectivity index (χ0n) is 12.7.